The van der Waals surface area contributed by atoms with Crippen molar-refractivity contribution in [2.75, 3.05) is 5.32 Å². The molecule has 0 aliphatic heterocycles. The van der Waals surface area contributed by atoms with Gasteiger partial charge < -0.3 is 5.32 Å². The molecule has 0 unspecified atom stereocenters. The van der Waals surface area contributed by atoms with Crippen molar-refractivity contribution in [3.8, 4) is 11.3 Å². The fraction of sp³-hybridized carbons (Fsp3) is 0.154. The summed E-state index contributed by atoms with van der Waals surface area (Å²) in [6.07, 6.45) is 0. The molecule has 0 atom stereocenters. The summed E-state index contributed by atoms with van der Waals surface area (Å²) in [5.41, 5.74) is 8.81. The number of amides is 1. The first-order chi connectivity index (χ1) is 13.9. The Hall–Kier alpha value is -3.46. The Kier molecular flexibility index (Phi) is 4.89. The largest absolute Gasteiger partial charge is 0.322 e. The first-order valence-electron chi connectivity index (χ1n) is 9.78. The Bertz CT molecular complexity index is 1240. The number of nitrogens with zero attached hydrogens (tertiary/aromatic N) is 1. The second-order valence-electron chi connectivity index (χ2n) is 7.64. The third-order valence-corrected chi connectivity index (χ3v) is 5.38. The molecule has 1 amide bonds. The maximum Gasteiger partial charge on any atom is 0.256 e. The highest BCUT2D eigenvalue weighted by atomic mass is 16.1. The van der Waals surface area contributed by atoms with Gasteiger partial charge in [-0.3, -0.25) is 4.79 Å². The second kappa shape index (κ2) is 7.51. The number of benzene rings is 3. The number of aromatic nitrogens is 1. The summed E-state index contributed by atoms with van der Waals surface area (Å²) in [7, 11) is 0. The van der Waals surface area contributed by atoms with Gasteiger partial charge in [0.05, 0.1) is 16.8 Å². The molecule has 3 nitrogen and oxygen atoms in total. The molecule has 0 bridgehead atoms. The van der Waals surface area contributed by atoms with E-state index in [1.54, 1.807) is 0 Å². The predicted octanol–water partition coefficient (Wildman–Crippen LogP) is 6.39. The van der Waals surface area contributed by atoms with Crippen LogP contribution in [0.2, 0.25) is 0 Å². The minimum atomic E-state index is -0.127. The molecule has 144 valence electrons. The van der Waals surface area contributed by atoms with Crippen LogP contribution in [0.15, 0.2) is 66.7 Å². The average molecular weight is 380 g/mol. The molecule has 0 saturated carbocycles. The number of fused-ring (bicyclic) bond motifs is 1. The van der Waals surface area contributed by atoms with Crippen molar-refractivity contribution in [2.45, 2.75) is 27.7 Å². The number of aryl methyl sites for hydroxylation is 4. The first kappa shape index (κ1) is 18.9. The Balaban J connectivity index is 1.82. The zero-order chi connectivity index (χ0) is 20.5. The number of para-hydroxylation sites is 1. The van der Waals surface area contributed by atoms with Gasteiger partial charge in [-0.05, 0) is 68.7 Å². The minimum Gasteiger partial charge on any atom is -0.322 e. The van der Waals surface area contributed by atoms with E-state index >= 15 is 0 Å². The molecule has 1 N–H and O–H groups in total. The zero-order valence-electron chi connectivity index (χ0n) is 17.2. The summed E-state index contributed by atoms with van der Waals surface area (Å²) in [4.78, 5) is 18.0. The molecule has 4 rings (SSSR count). The fourth-order valence-electron chi connectivity index (χ4n) is 3.62. The molecule has 4 aromatic rings. The molecule has 29 heavy (non-hydrogen) atoms. The van der Waals surface area contributed by atoms with Gasteiger partial charge in [0.1, 0.15) is 0 Å². The van der Waals surface area contributed by atoms with E-state index < -0.39 is 0 Å². The molecule has 0 aliphatic carbocycles. The van der Waals surface area contributed by atoms with E-state index in [2.05, 4.69) is 44.3 Å². The molecule has 3 aromatic carbocycles. The third-order valence-electron chi connectivity index (χ3n) is 5.38. The van der Waals surface area contributed by atoms with Crippen molar-refractivity contribution < 1.29 is 4.79 Å². The topological polar surface area (TPSA) is 42.0 Å². The van der Waals surface area contributed by atoms with Gasteiger partial charge in [0.25, 0.3) is 5.91 Å². The summed E-state index contributed by atoms with van der Waals surface area (Å²) in [5, 5.41) is 3.90. The quantitative estimate of drug-likeness (QED) is 0.447. The van der Waals surface area contributed by atoms with E-state index in [0.29, 0.717) is 5.56 Å². The molecule has 0 spiro atoms. The molecule has 1 aromatic heterocycles. The lowest BCUT2D eigenvalue weighted by molar-refractivity contribution is 0.102. The molecule has 0 aliphatic rings. The van der Waals surface area contributed by atoms with Crippen molar-refractivity contribution in [1.29, 1.82) is 0 Å². The van der Waals surface area contributed by atoms with E-state index in [0.717, 1.165) is 39.0 Å². The van der Waals surface area contributed by atoms with Crippen LogP contribution < -0.4 is 5.32 Å². The molecular weight excluding hydrogens is 356 g/mol. The number of carbonyl (C=O) groups excluding carboxylic acids is 1. The minimum absolute atomic E-state index is 0.127. The Morgan fingerprint density at radius 1 is 0.793 bits per heavy atom. The maximum absolute atomic E-state index is 13.2. The standard InChI is InChI=1S/C26H24N2O/c1-16-9-12-21(19(4)13-16)25-15-23(22-7-5-6-8-24(22)28-25)26(29)27-20-11-10-17(2)18(3)14-20/h5-15H,1-4H3,(H,27,29). The summed E-state index contributed by atoms with van der Waals surface area (Å²) in [5.74, 6) is -0.127. The SMILES string of the molecule is Cc1ccc(-c2cc(C(=O)Nc3ccc(C)c(C)c3)c3ccccc3n2)c(C)c1. The smallest absolute Gasteiger partial charge is 0.256 e. The fourth-order valence-corrected chi connectivity index (χ4v) is 3.62. The van der Waals surface area contributed by atoms with Crippen molar-refractivity contribution in [1.82, 2.24) is 4.98 Å². The molecule has 0 fully saturated rings. The molecule has 0 saturated heterocycles. The van der Waals surface area contributed by atoms with Crippen LogP contribution in [0.4, 0.5) is 5.69 Å². The van der Waals surface area contributed by atoms with E-state index in [1.807, 2.05) is 55.5 Å². The number of carbonyl (C=O) groups is 1. The highest BCUT2D eigenvalue weighted by Crippen LogP contribution is 2.28. The van der Waals surface area contributed by atoms with Gasteiger partial charge in [0.2, 0.25) is 0 Å². The van der Waals surface area contributed by atoms with E-state index in [9.17, 15) is 4.79 Å². The second-order valence-corrected chi connectivity index (χ2v) is 7.64. The van der Waals surface area contributed by atoms with E-state index in [-0.39, 0.29) is 5.91 Å². The van der Waals surface area contributed by atoms with Crippen LogP contribution in [0.3, 0.4) is 0 Å². The van der Waals surface area contributed by atoms with Crippen LogP contribution >= 0.6 is 0 Å². The maximum atomic E-state index is 13.2. The highest BCUT2D eigenvalue weighted by Gasteiger charge is 2.15. The highest BCUT2D eigenvalue weighted by molar-refractivity contribution is 6.13. The Morgan fingerprint density at radius 3 is 2.34 bits per heavy atom. The van der Waals surface area contributed by atoms with Crippen molar-refractivity contribution in [2.24, 2.45) is 0 Å². The van der Waals surface area contributed by atoms with E-state index in [4.69, 9.17) is 4.98 Å². The van der Waals surface area contributed by atoms with Gasteiger partial charge in [0, 0.05) is 16.6 Å². The normalized spacial score (nSPS) is 10.9. The Morgan fingerprint density at radius 2 is 1.59 bits per heavy atom. The summed E-state index contributed by atoms with van der Waals surface area (Å²) >= 11 is 0. The van der Waals surface area contributed by atoms with Crippen molar-refractivity contribution >= 4 is 22.5 Å². The zero-order valence-corrected chi connectivity index (χ0v) is 17.2. The van der Waals surface area contributed by atoms with E-state index in [1.165, 1.54) is 11.1 Å². The van der Waals surface area contributed by atoms with Crippen molar-refractivity contribution in [3.05, 3.63) is 94.5 Å². The lowest BCUT2D eigenvalue weighted by atomic mass is 9.99. The van der Waals surface area contributed by atoms with Crippen LogP contribution in [0.25, 0.3) is 22.2 Å². The van der Waals surface area contributed by atoms with Gasteiger partial charge in [-0.25, -0.2) is 4.98 Å². The van der Waals surface area contributed by atoms with Crippen LogP contribution in [0.5, 0.6) is 0 Å². The van der Waals surface area contributed by atoms with Gasteiger partial charge in [-0.2, -0.15) is 0 Å². The number of nitrogens with one attached hydrogen (secondary N) is 1. The summed E-state index contributed by atoms with van der Waals surface area (Å²) < 4.78 is 0. The van der Waals surface area contributed by atoms with Crippen molar-refractivity contribution in [3.63, 3.8) is 0 Å². The molecule has 0 radical (unpaired) electrons. The third kappa shape index (κ3) is 3.77. The number of anilines is 1. The molecule has 3 heteroatoms. The predicted molar refractivity (Wildman–Crippen MR) is 121 cm³/mol. The Labute approximate surface area is 171 Å². The van der Waals surface area contributed by atoms with Crippen LogP contribution in [0.1, 0.15) is 32.6 Å². The molecular formula is C26H24N2O. The number of rotatable bonds is 3. The van der Waals surface area contributed by atoms with Crippen LogP contribution in [0, 0.1) is 27.7 Å². The van der Waals surface area contributed by atoms with Crippen LogP contribution in [-0.2, 0) is 0 Å². The van der Waals surface area contributed by atoms with Gasteiger partial charge in [-0.1, -0.05) is 48.0 Å². The lowest BCUT2D eigenvalue weighted by Gasteiger charge is -2.13. The van der Waals surface area contributed by atoms with Gasteiger partial charge in [0.15, 0.2) is 0 Å². The van der Waals surface area contributed by atoms with Gasteiger partial charge >= 0.3 is 0 Å². The number of pyridine rings is 1. The monoisotopic (exact) mass is 380 g/mol. The van der Waals surface area contributed by atoms with Gasteiger partial charge in [-0.15, -0.1) is 0 Å². The summed E-state index contributed by atoms with van der Waals surface area (Å²) in [6.45, 7) is 8.26. The molecule has 1 heterocycles. The first-order valence-corrected chi connectivity index (χ1v) is 9.78. The average Bonchev–Trinajstić information content (AvgIpc) is 2.70. The lowest BCUT2D eigenvalue weighted by Crippen LogP contribution is -2.13. The summed E-state index contributed by atoms with van der Waals surface area (Å²) in [6, 6.07) is 21.9. The van der Waals surface area contributed by atoms with Crippen LogP contribution in [-0.4, -0.2) is 10.9 Å². The number of hydrogen-bond acceptors (Lipinski definition) is 2. The number of hydrogen-bond donors (Lipinski definition) is 1.